The summed E-state index contributed by atoms with van der Waals surface area (Å²) in [7, 11) is 0. The van der Waals surface area contributed by atoms with E-state index < -0.39 is 0 Å². The Labute approximate surface area is 129 Å². The summed E-state index contributed by atoms with van der Waals surface area (Å²) in [5, 5.41) is 9.42. The van der Waals surface area contributed by atoms with Gasteiger partial charge in [0.2, 0.25) is 5.91 Å². The summed E-state index contributed by atoms with van der Waals surface area (Å²) < 4.78 is 0. The highest BCUT2D eigenvalue weighted by atomic mass is 35.5. The Kier molecular flexibility index (Phi) is 5.35. The van der Waals surface area contributed by atoms with E-state index >= 15 is 0 Å². The number of carbonyl (C=O) groups is 2. The van der Waals surface area contributed by atoms with Crippen molar-refractivity contribution < 1.29 is 9.59 Å². The molecule has 1 saturated heterocycles. The molecule has 0 spiro atoms. The first-order valence-electron chi connectivity index (χ1n) is 7.06. The number of hydrogen-bond acceptors (Lipinski definition) is 3. The van der Waals surface area contributed by atoms with Crippen LogP contribution in [0.5, 0.6) is 0 Å². The van der Waals surface area contributed by atoms with Crippen molar-refractivity contribution in [2.75, 3.05) is 13.1 Å². The van der Waals surface area contributed by atoms with Gasteiger partial charge in [-0.1, -0.05) is 11.6 Å². The highest BCUT2D eigenvalue weighted by Gasteiger charge is 2.22. The minimum atomic E-state index is -0.0491. The van der Waals surface area contributed by atoms with Crippen LogP contribution < -0.4 is 0 Å². The topological polar surface area (TPSA) is 61.2 Å². The minimum Gasteiger partial charge on any atom is -0.343 e. The van der Waals surface area contributed by atoms with Crippen LogP contribution in [0.4, 0.5) is 0 Å². The molecule has 0 N–H and O–H groups in total. The van der Waals surface area contributed by atoms with Crippen molar-refractivity contribution in [2.45, 2.75) is 25.7 Å². The van der Waals surface area contributed by atoms with Gasteiger partial charge in [0.05, 0.1) is 6.07 Å². The van der Waals surface area contributed by atoms with Crippen LogP contribution in [-0.2, 0) is 4.79 Å². The van der Waals surface area contributed by atoms with Gasteiger partial charge in [-0.3, -0.25) is 9.59 Å². The van der Waals surface area contributed by atoms with E-state index in [0.717, 1.165) is 12.8 Å². The van der Waals surface area contributed by atoms with Gasteiger partial charge >= 0.3 is 0 Å². The second kappa shape index (κ2) is 7.24. The number of carbonyl (C=O) groups excluding carboxylic acids is 2. The zero-order chi connectivity index (χ0) is 15.2. The van der Waals surface area contributed by atoms with Gasteiger partial charge in [0.25, 0.3) is 0 Å². The Bertz CT molecular complexity index is 555. The number of nitrogens with zero attached hydrogens (tertiary/aromatic N) is 2. The molecule has 0 aliphatic carbocycles. The Morgan fingerprint density at radius 2 is 1.81 bits per heavy atom. The maximum absolute atomic E-state index is 12.1. The number of hydrogen-bond donors (Lipinski definition) is 0. The average molecular weight is 305 g/mol. The molecule has 0 bridgehead atoms. The quantitative estimate of drug-likeness (QED) is 0.803. The first-order valence-corrected chi connectivity index (χ1v) is 7.44. The summed E-state index contributed by atoms with van der Waals surface area (Å²) in [5.41, 5.74) is 0.579. The van der Waals surface area contributed by atoms with Crippen LogP contribution >= 0.6 is 11.6 Å². The smallest absolute Gasteiger partial charge is 0.223 e. The molecule has 110 valence electrons. The molecule has 1 aliphatic rings. The van der Waals surface area contributed by atoms with E-state index in [1.807, 2.05) is 0 Å². The van der Waals surface area contributed by atoms with Crippen molar-refractivity contribution in [2.24, 2.45) is 5.92 Å². The predicted molar refractivity (Wildman–Crippen MR) is 79.9 cm³/mol. The van der Waals surface area contributed by atoms with Gasteiger partial charge < -0.3 is 4.90 Å². The molecule has 1 aliphatic heterocycles. The Morgan fingerprint density at radius 1 is 1.19 bits per heavy atom. The van der Waals surface area contributed by atoms with E-state index in [2.05, 4.69) is 6.07 Å². The van der Waals surface area contributed by atoms with Crippen molar-refractivity contribution in [3.05, 3.63) is 34.9 Å². The molecule has 4 nitrogen and oxygen atoms in total. The first-order chi connectivity index (χ1) is 10.1. The number of benzene rings is 1. The van der Waals surface area contributed by atoms with Crippen molar-refractivity contribution in [3.8, 4) is 6.07 Å². The third-order valence-corrected chi connectivity index (χ3v) is 4.01. The van der Waals surface area contributed by atoms with Crippen LogP contribution in [0.25, 0.3) is 0 Å². The summed E-state index contributed by atoms with van der Waals surface area (Å²) in [4.78, 5) is 25.8. The van der Waals surface area contributed by atoms with Crippen molar-refractivity contribution in [3.63, 3.8) is 0 Å². The monoisotopic (exact) mass is 304 g/mol. The standard InChI is InChI=1S/C16H17ClN2O2/c17-14-3-1-13(2-4-14)15(20)5-6-16(21)19-9-7-12(11-18)8-10-19/h1-4,12H,5-10H2. The van der Waals surface area contributed by atoms with Gasteiger partial charge in [0.1, 0.15) is 0 Å². The maximum Gasteiger partial charge on any atom is 0.223 e. The number of halogens is 1. The highest BCUT2D eigenvalue weighted by Crippen LogP contribution is 2.18. The van der Waals surface area contributed by atoms with Crippen LogP contribution in [0.3, 0.4) is 0 Å². The average Bonchev–Trinajstić information content (AvgIpc) is 2.53. The van der Waals surface area contributed by atoms with E-state index in [1.54, 1.807) is 29.2 Å². The fourth-order valence-corrected chi connectivity index (χ4v) is 2.54. The molecule has 0 unspecified atom stereocenters. The third kappa shape index (κ3) is 4.30. The molecular formula is C16H17ClN2O2. The zero-order valence-corrected chi connectivity index (χ0v) is 12.5. The second-order valence-corrected chi connectivity index (χ2v) is 5.65. The van der Waals surface area contributed by atoms with Gasteiger partial charge in [-0.25, -0.2) is 0 Å². The zero-order valence-electron chi connectivity index (χ0n) is 11.7. The van der Waals surface area contributed by atoms with Crippen LogP contribution in [0.2, 0.25) is 5.02 Å². The molecule has 1 amide bonds. The molecule has 0 aromatic heterocycles. The number of Topliss-reactive ketones (excluding diaryl/α,β-unsaturated/α-hetero) is 1. The van der Waals surface area contributed by atoms with Crippen LogP contribution in [-0.4, -0.2) is 29.7 Å². The molecule has 1 aromatic rings. The number of rotatable bonds is 4. The number of ketones is 1. The molecule has 1 heterocycles. The molecule has 21 heavy (non-hydrogen) atoms. The van der Waals surface area contributed by atoms with Crippen molar-refractivity contribution >= 4 is 23.3 Å². The number of amides is 1. The van der Waals surface area contributed by atoms with Crippen molar-refractivity contribution in [1.29, 1.82) is 5.26 Å². The Morgan fingerprint density at radius 3 is 2.38 bits per heavy atom. The van der Waals surface area contributed by atoms with Crippen LogP contribution in [0, 0.1) is 17.2 Å². The first kappa shape index (κ1) is 15.5. The normalized spacial score (nSPS) is 15.5. The maximum atomic E-state index is 12.1. The van der Waals surface area contributed by atoms with Gasteiger partial charge in [0.15, 0.2) is 5.78 Å². The molecular weight excluding hydrogens is 288 g/mol. The fraction of sp³-hybridized carbons (Fsp3) is 0.438. The molecule has 1 aromatic carbocycles. The molecule has 5 heteroatoms. The molecule has 2 rings (SSSR count). The number of nitriles is 1. The lowest BCUT2D eigenvalue weighted by Gasteiger charge is -2.29. The third-order valence-electron chi connectivity index (χ3n) is 3.76. The lowest BCUT2D eigenvalue weighted by atomic mass is 9.98. The molecule has 0 atom stereocenters. The summed E-state index contributed by atoms with van der Waals surface area (Å²) in [6, 6.07) is 8.92. The minimum absolute atomic E-state index is 0.00583. The Balaban J connectivity index is 1.80. The summed E-state index contributed by atoms with van der Waals surface area (Å²) in [6.07, 6.45) is 1.89. The number of piperidine rings is 1. The predicted octanol–water partition coefficient (Wildman–Crippen LogP) is 3.07. The summed E-state index contributed by atoms with van der Waals surface area (Å²) >= 11 is 5.77. The van der Waals surface area contributed by atoms with E-state index in [4.69, 9.17) is 16.9 Å². The SMILES string of the molecule is N#CC1CCN(C(=O)CCC(=O)c2ccc(Cl)cc2)CC1. The lowest BCUT2D eigenvalue weighted by Crippen LogP contribution is -2.38. The van der Waals surface area contributed by atoms with Crippen molar-refractivity contribution in [1.82, 2.24) is 4.90 Å². The fourth-order valence-electron chi connectivity index (χ4n) is 2.42. The van der Waals surface area contributed by atoms with E-state index in [9.17, 15) is 9.59 Å². The van der Waals surface area contributed by atoms with E-state index in [1.165, 1.54) is 0 Å². The Hall–Kier alpha value is -1.86. The van der Waals surface area contributed by atoms with E-state index in [0.29, 0.717) is 23.7 Å². The van der Waals surface area contributed by atoms with Gasteiger partial charge in [0, 0.05) is 42.4 Å². The van der Waals surface area contributed by atoms with Gasteiger partial charge in [-0.05, 0) is 37.1 Å². The van der Waals surface area contributed by atoms with Gasteiger partial charge in [-0.15, -0.1) is 0 Å². The van der Waals surface area contributed by atoms with Crippen LogP contribution in [0.15, 0.2) is 24.3 Å². The van der Waals surface area contributed by atoms with Crippen LogP contribution in [0.1, 0.15) is 36.0 Å². The van der Waals surface area contributed by atoms with Gasteiger partial charge in [-0.2, -0.15) is 5.26 Å². The highest BCUT2D eigenvalue weighted by molar-refractivity contribution is 6.30. The van der Waals surface area contributed by atoms with E-state index in [-0.39, 0.29) is 30.4 Å². The summed E-state index contributed by atoms with van der Waals surface area (Å²) in [5.74, 6) is 0.00498. The largest absolute Gasteiger partial charge is 0.343 e. The second-order valence-electron chi connectivity index (χ2n) is 5.21. The summed E-state index contributed by atoms with van der Waals surface area (Å²) in [6.45, 7) is 1.23. The molecule has 0 saturated carbocycles. The molecule has 1 fully saturated rings. The number of likely N-dealkylation sites (tertiary alicyclic amines) is 1. The molecule has 0 radical (unpaired) electrons. The lowest BCUT2D eigenvalue weighted by molar-refractivity contribution is -0.132.